The first-order valence-corrected chi connectivity index (χ1v) is 8.11. The maximum atomic E-state index is 12.0. The Kier molecular flexibility index (Phi) is 4.13. The van der Waals surface area contributed by atoms with E-state index in [-0.39, 0.29) is 5.25 Å². The number of sulfonamides is 1. The van der Waals surface area contributed by atoms with Crippen LogP contribution in [0.1, 0.15) is 23.5 Å². The van der Waals surface area contributed by atoms with Crippen molar-refractivity contribution in [2.24, 2.45) is 0 Å². The SMILES string of the molecule is Cc1nc(CNS(=O)(=O)C2CCNCC2)cs1. The second kappa shape index (κ2) is 5.43. The molecule has 7 heteroatoms. The Hall–Kier alpha value is -0.500. The molecular formula is C10H17N3O2S2. The van der Waals surface area contributed by atoms with Crippen molar-refractivity contribution in [3.8, 4) is 0 Å². The number of rotatable bonds is 4. The van der Waals surface area contributed by atoms with E-state index in [1.54, 1.807) is 0 Å². The highest BCUT2D eigenvalue weighted by molar-refractivity contribution is 7.90. The monoisotopic (exact) mass is 275 g/mol. The molecule has 0 saturated carbocycles. The van der Waals surface area contributed by atoms with Crippen LogP contribution < -0.4 is 10.0 Å². The molecule has 2 N–H and O–H groups in total. The van der Waals surface area contributed by atoms with Crippen molar-refractivity contribution < 1.29 is 8.42 Å². The predicted molar refractivity (Wildman–Crippen MR) is 68.5 cm³/mol. The van der Waals surface area contributed by atoms with Gasteiger partial charge in [0, 0.05) is 5.38 Å². The molecule has 2 heterocycles. The molecule has 1 saturated heterocycles. The number of piperidine rings is 1. The zero-order valence-electron chi connectivity index (χ0n) is 9.77. The Bertz CT molecular complexity index is 464. The summed E-state index contributed by atoms with van der Waals surface area (Å²) in [5, 5.41) is 5.75. The minimum absolute atomic E-state index is 0.261. The van der Waals surface area contributed by atoms with E-state index in [1.807, 2.05) is 12.3 Å². The third kappa shape index (κ3) is 3.48. The number of aromatic nitrogens is 1. The normalized spacial score (nSPS) is 18.4. The van der Waals surface area contributed by atoms with Crippen molar-refractivity contribution in [3.05, 3.63) is 16.1 Å². The van der Waals surface area contributed by atoms with Crippen LogP contribution in [0.2, 0.25) is 0 Å². The van der Waals surface area contributed by atoms with Crippen molar-refractivity contribution in [1.29, 1.82) is 0 Å². The number of hydrogen-bond acceptors (Lipinski definition) is 5. The largest absolute Gasteiger partial charge is 0.317 e. The van der Waals surface area contributed by atoms with Crippen LogP contribution in [-0.2, 0) is 16.6 Å². The van der Waals surface area contributed by atoms with Gasteiger partial charge in [0.05, 0.1) is 22.5 Å². The molecule has 0 radical (unpaired) electrons. The number of thiazole rings is 1. The molecule has 0 amide bonds. The molecular weight excluding hydrogens is 258 g/mol. The summed E-state index contributed by atoms with van der Waals surface area (Å²) < 4.78 is 26.7. The summed E-state index contributed by atoms with van der Waals surface area (Å²) in [4.78, 5) is 4.24. The fourth-order valence-electron chi connectivity index (χ4n) is 1.89. The maximum Gasteiger partial charge on any atom is 0.214 e. The number of nitrogens with zero attached hydrogens (tertiary/aromatic N) is 1. The van der Waals surface area contributed by atoms with E-state index >= 15 is 0 Å². The van der Waals surface area contributed by atoms with Gasteiger partial charge in [-0.15, -0.1) is 11.3 Å². The standard InChI is InChI=1S/C10H17N3O2S2/c1-8-13-9(7-16-8)6-12-17(14,15)10-2-4-11-5-3-10/h7,10-12H,2-6H2,1H3. The molecule has 0 atom stereocenters. The van der Waals surface area contributed by atoms with E-state index in [0.29, 0.717) is 19.4 Å². The molecule has 5 nitrogen and oxygen atoms in total. The van der Waals surface area contributed by atoms with Crippen molar-refractivity contribution >= 4 is 21.4 Å². The lowest BCUT2D eigenvalue weighted by Crippen LogP contribution is -2.41. The average Bonchev–Trinajstić information content (AvgIpc) is 2.74. The highest BCUT2D eigenvalue weighted by atomic mass is 32.2. The molecule has 96 valence electrons. The summed E-state index contributed by atoms with van der Waals surface area (Å²) in [6.45, 7) is 3.77. The summed E-state index contributed by atoms with van der Waals surface area (Å²) in [5.41, 5.74) is 0.796. The van der Waals surface area contributed by atoms with E-state index in [4.69, 9.17) is 0 Å². The van der Waals surface area contributed by atoms with Gasteiger partial charge >= 0.3 is 0 Å². The first-order chi connectivity index (χ1) is 8.08. The smallest absolute Gasteiger partial charge is 0.214 e. The van der Waals surface area contributed by atoms with Crippen LogP contribution in [0, 0.1) is 6.92 Å². The number of nitrogens with one attached hydrogen (secondary N) is 2. The van der Waals surface area contributed by atoms with Crippen LogP contribution in [0.15, 0.2) is 5.38 Å². The molecule has 0 unspecified atom stereocenters. The lowest BCUT2D eigenvalue weighted by Gasteiger charge is -2.22. The minimum atomic E-state index is -3.20. The molecule has 0 spiro atoms. The van der Waals surface area contributed by atoms with Gasteiger partial charge in [0.25, 0.3) is 0 Å². The molecule has 0 aromatic carbocycles. The molecule has 1 aliphatic heterocycles. The molecule has 17 heavy (non-hydrogen) atoms. The molecule has 1 aliphatic rings. The zero-order valence-corrected chi connectivity index (χ0v) is 11.4. The van der Waals surface area contributed by atoms with Gasteiger partial charge in [-0.05, 0) is 32.9 Å². The Balaban J connectivity index is 1.92. The molecule has 1 fully saturated rings. The molecule has 1 aromatic rings. The van der Waals surface area contributed by atoms with E-state index < -0.39 is 10.0 Å². The lowest BCUT2D eigenvalue weighted by molar-refractivity contribution is 0.489. The van der Waals surface area contributed by atoms with Gasteiger partial charge in [0.1, 0.15) is 0 Å². The quantitative estimate of drug-likeness (QED) is 0.845. The third-order valence-electron chi connectivity index (χ3n) is 2.85. The molecule has 1 aromatic heterocycles. The van der Waals surface area contributed by atoms with Gasteiger partial charge in [-0.1, -0.05) is 0 Å². The average molecular weight is 275 g/mol. The number of hydrogen-bond donors (Lipinski definition) is 2. The van der Waals surface area contributed by atoms with Crippen molar-refractivity contribution in [2.75, 3.05) is 13.1 Å². The predicted octanol–water partition coefficient (Wildman–Crippen LogP) is 0.623. The highest BCUT2D eigenvalue weighted by Crippen LogP contribution is 2.13. The summed E-state index contributed by atoms with van der Waals surface area (Å²) in [5.74, 6) is 0. The van der Waals surface area contributed by atoms with Crippen molar-refractivity contribution in [2.45, 2.75) is 31.6 Å². The van der Waals surface area contributed by atoms with Crippen LogP contribution >= 0.6 is 11.3 Å². The van der Waals surface area contributed by atoms with Gasteiger partial charge in [0.2, 0.25) is 10.0 Å². The van der Waals surface area contributed by atoms with E-state index in [9.17, 15) is 8.42 Å². The molecule has 0 aliphatic carbocycles. The molecule has 2 rings (SSSR count). The highest BCUT2D eigenvalue weighted by Gasteiger charge is 2.26. The molecule has 0 bridgehead atoms. The van der Waals surface area contributed by atoms with E-state index in [2.05, 4.69) is 15.0 Å². The zero-order chi connectivity index (χ0) is 12.3. The topological polar surface area (TPSA) is 71.1 Å². The fourth-order valence-corrected chi connectivity index (χ4v) is 3.94. The Morgan fingerprint density at radius 3 is 2.82 bits per heavy atom. The summed E-state index contributed by atoms with van der Waals surface area (Å²) in [7, 11) is -3.20. The van der Waals surface area contributed by atoms with Gasteiger partial charge < -0.3 is 5.32 Å². The van der Waals surface area contributed by atoms with Crippen LogP contribution in [0.25, 0.3) is 0 Å². The summed E-state index contributed by atoms with van der Waals surface area (Å²) >= 11 is 1.53. The first-order valence-electron chi connectivity index (χ1n) is 5.68. The van der Waals surface area contributed by atoms with Gasteiger partial charge in [-0.2, -0.15) is 0 Å². The van der Waals surface area contributed by atoms with Crippen LogP contribution in [0.5, 0.6) is 0 Å². The van der Waals surface area contributed by atoms with Crippen LogP contribution in [0.3, 0.4) is 0 Å². The second-order valence-electron chi connectivity index (χ2n) is 4.17. The maximum absolute atomic E-state index is 12.0. The van der Waals surface area contributed by atoms with Gasteiger partial charge in [-0.3, -0.25) is 0 Å². The van der Waals surface area contributed by atoms with Crippen LogP contribution in [-0.4, -0.2) is 31.7 Å². The van der Waals surface area contributed by atoms with Gasteiger partial charge in [0.15, 0.2) is 0 Å². The van der Waals surface area contributed by atoms with Gasteiger partial charge in [-0.25, -0.2) is 18.1 Å². The Labute approximate surface area is 106 Å². The minimum Gasteiger partial charge on any atom is -0.317 e. The Morgan fingerprint density at radius 1 is 1.53 bits per heavy atom. The van der Waals surface area contributed by atoms with Crippen LogP contribution in [0.4, 0.5) is 0 Å². The second-order valence-corrected chi connectivity index (χ2v) is 7.28. The lowest BCUT2D eigenvalue weighted by atomic mass is 10.2. The number of aryl methyl sites for hydroxylation is 1. The van der Waals surface area contributed by atoms with Crippen molar-refractivity contribution in [1.82, 2.24) is 15.0 Å². The summed E-state index contributed by atoms with van der Waals surface area (Å²) in [6, 6.07) is 0. The summed E-state index contributed by atoms with van der Waals surface area (Å²) in [6.07, 6.45) is 1.37. The van der Waals surface area contributed by atoms with E-state index in [0.717, 1.165) is 23.8 Å². The Morgan fingerprint density at radius 2 is 2.24 bits per heavy atom. The van der Waals surface area contributed by atoms with Crippen molar-refractivity contribution in [3.63, 3.8) is 0 Å². The first kappa shape index (κ1) is 12.9. The third-order valence-corrected chi connectivity index (χ3v) is 5.56. The van der Waals surface area contributed by atoms with E-state index in [1.165, 1.54) is 11.3 Å². The fraction of sp³-hybridized carbons (Fsp3) is 0.700.